The van der Waals surface area contributed by atoms with Gasteiger partial charge in [0.2, 0.25) is 0 Å². The molecule has 0 aromatic heterocycles. The average molecular weight is 234 g/mol. The number of hydrogen-bond acceptors (Lipinski definition) is 4. The lowest BCUT2D eigenvalue weighted by Gasteiger charge is -2.15. The second-order valence-electron chi connectivity index (χ2n) is 3.62. The molecule has 0 heterocycles. The second-order valence-corrected chi connectivity index (χ2v) is 3.62. The largest absolute Gasteiger partial charge is 0.497 e. The van der Waals surface area contributed by atoms with E-state index in [0.717, 1.165) is 24.3 Å². The summed E-state index contributed by atoms with van der Waals surface area (Å²) in [6, 6.07) is 7.31. The summed E-state index contributed by atoms with van der Waals surface area (Å²) in [4.78, 5) is 0. The van der Waals surface area contributed by atoms with E-state index >= 15 is 0 Å². The lowest BCUT2D eigenvalue weighted by Crippen LogP contribution is -2.21. The summed E-state index contributed by atoms with van der Waals surface area (Å²) in [5.74, 6) is 1.42. The molecule has 0 aliphatic heterocycles. The highest BCUT2D eigenvalue weighted by Gasteiger charge is 2.15. The van der Waals surface area contributed by atoms with E-state index in [1.165, 1.54) is 0 Å². The zero-order chi connectivity index (χ0) is 12.7. The van der Waals surface area contributed by atoms with Crippen molar-refractivity contribution in [1.82, 2.24) is 5.32 Å². The minimum atomic E-state index is -0.375. The first-order valence-electron chi connectivity index (χ1n) is 5.61. The zero-order valence-corrected chi connectivity index (χ0v) is 10.5. The summed E-state index contributed by atoms with van der Waals surface area (Å²) in [6.07, 6.45) is 0.977. The van der Waals surface area contributed by atoms with Gasteiger partial charge in [-0.25, -0.2) is 0 Å². The minimum Gasteiger partial charge on any atom is -0.497 e. The Balaban J connectivity index is 3.02. The summed E-state index contributed by atoms with van der Waals surface area (Å²) in [7, 11) is 3.20. The van der Waals surface area contributed by atoms with Gasteiger partial charge in [0.05, 0.1) is 20.3 Å². The van der Waals surface area contributed by atoms with Crippen LogP contribution in [-0.2, 0) is 0 Å². The van der Waals surface area contributed by atoms with Gasteiger partial charge in [-0.2, -0.15) is 5.26 Å². The molecule has 0 bridgehead atoms. The highest BCUT2D eigenvalue weighted by molar-refractivity contribution is 5.44. The van der Waals surface area contributed by atoms with Gasteiger partial charge in [0.25, 0.3) is 0 Å². The van der Waals surface area contributed by atoms with Gasteiger partial charge in [-0.15, -0.1) is 0 Å². The van der Waals surface area contributed by atoms with Crippen molar-refractivity contribution in [2.24, 2.45) is 0 Å². The van der Waals surface area contributed by atoms with E-state index in [2.05, 4.69) is 18.3 Å². The third kappa shape index (κ3) is 3.36. The molecule has 1 aromatic rings. The van der Waals surface area contributed by atoms with E-state index in [9.17, 15) is 5.26 Å². The van der Waals surface area contributed by atoms with Gasteiger partial charge in [0, 0.05) is 5.56 Å². The number of nitriles is 1. The Morgan fingerprint density at radius 1 is 1.35 bits per heavy atom. The topological polar surface area (TPSA) is 54.3 Å². The van der Waals surface area contributed by atoms with Gasteiger partial charge >= 0.3 is 0 Å². The molecular formula is C13H18N2O2. The van der Waals surface area contributed by atoms with Gasteiger partial charge in [0.15, 0.2) is 0 Å². The van der Waals surface area contributed by atoms with E-state index in [1.54, 1.807) is 14.2 Å². The van der Waals surface area contributed by atoms with Crippen molar-refractivity contribution in [1.29, 1.82) is 5.26 Å². The van der Waals surface area contributed by atoms with Gasteiger partial charge in [-0.1, -0.05) is 6.92 Å². The van der Waals surface area contributed by atoms with Gasteiger partial charge < -0.3 is 9.47 Å². The molecule has 1 N–H and O–H groups in total. The van der Waals surface area contributed by atoms with Crippen LogP contribution in [0.5, 0.6) is 11.5 Å². The number of nitrogens with one attached hydrogen (secondary N) is 1. The molecule has 0 fully saturated rings. The molecule has 0 radical (unpaired) electrons. The third-order valence-electron chi connectivity index (χ3n) is 2.48. The van der Waals surface area contributed by atoms with Crippen LogP contribution in [0.4, 0.5) is 0 Å². The lowest BCUT2D eigenvalue weighted by molar-refractivity contribution is 0.395. The quantitative estimate of drug-likeness (QED) is 0.820. The smallest absolute Gasteiger partial charge is 0.125 e. The van der Waals surface area contributed by atoms with Gasteiger partial charge in [-0.3, -0.25) is 5.32 Å². The Hall–Kier alpha value is -1.73. The van der Waals surface area contributed by atoms with Crippen molar-refractivity contribution >= 4 is 0 Å². The van der Waals surface area contributed by atoms with Gasteiger partial charge in [0.1, 0.15) is 17.5 Å². The number of ether oxygens (including phenoxy) is 2. The molecular weight excluding hydrogens is 216 g/mol. The number of hydrogen-bond donors (Lipinski definition) is 1. The van der Waals surface area contributed by atoms with Crippen LogP contribution in [0.1, 0.15) is 24.9 Å². The molecule has 0 saturated heterocycles. The van der Waals surface area contributed by atoms with Crippen LogP contribution in [0.3, 0.4) is 0 Å². The molecule has 1 rings (SSSR count). The number of rotatable bonds is 6. The van der Waals surface area contributed by atoms with E-state index < -0.39 is 0 Å². The fourth-order valence-corrected chi connectivity index (χ4v) is 1.58. The Morgan fingerprint density at radius 2 is 2.12 bits per heavy atom. The van der Waals surface area contributed by atoms with Crippen LogP contribution in [0, 0.1) is 11.3 Å². The minimum absolute atomic E-state index is 0.375. The van der Waals surface area contributed by atoms with Crippen molar-refractivity contribution in [2.75, 3.05) is 20.8 Å². The van der Waals surface area contributed by atoms with Gasteiger partial charge in [-0.05, 0) is 31.2 Å². The van der Waals surface area contributed by atoms with E-state index in [-0.39, 0.29) is 6.04 Å². The van der Waals surface area contributed by atoms with E-state index in [1.807, 2.05) is 18.2 Å². The Morgan fingerprint density at radius 3 is 2.65 bits per heavy atom. The first kappa shape index (κ1) is 13.3. The zero-order valence-electron chi connectivity index (χ0n) is 10.5. The first-order valence-corrected chi connectivity index (χ1v) is 5.61. The summed E-state index contributed by atoms with van der Waals surface area (Å²) >= 11 is 0. The van der Waals surface area contributed by atoms with Crippen molar-refractivity contribution < 1.29 is 9.47 Å². The SMILES string of the molecule is CCCNC(C#N)c1cc(OC)ccc1OC. The molecule has 0 saturated carbocycles. The number of methoxy groups -OCH3 is 2. The third-order valence-corrected chi connectivity index (χ3v) is 2.48. The molecule has 1 unspecified atom stereocenters. The molecule has 4 heteroatoms. The lowest BCUT2D eigenvalue weighted by atomic mass is 10.1. The summed E-state index contributed by atoms with van der Waals surface area (Å²) < 4.78 is 10.4. The maximum Gasteiger partial charge on any atom is 0.125 e. The molecule has 0 spiro atoms. The molecule has 0 aliphatic carbocycles. The molecule has 17 heavy (non-hydrogen) atoms. The Bertz CT molecular complexity index is 399. The van der Waals surface area contributed by atoms with Crippen LogP contribution in [0.2, 0.25) is 0 Å². The molecule has 1 atom stereocenters. The van der Waals surface area contributed by atoms with Crippen LogP contribution in [0.15, 0.2) is 18.2 Å². The van der Waals surface area contributed by atoms with Crippen molar-refractivity contribution in [3.63, 3.8) is 0 Å². The number of nitrogens with zero attached hydrogens (tertiary/aromatic N) is 1. The summed E-state index contributed by atoms with van der Waals surface area (Å²) in [6.45, 7) is 2.85. The molecule has 92 valence electrons. The van der Waals surface area contributed by atoms with Crippen LogP contribution < -0.4 is 14.8 Å². The summed E-state index contributed by atoms with van der Waals surface area (Å²) in [5.41, 5.74) is 0.808. The fourth-order valence-electron chi connectivity index (χ4n) is 1.58. The monoisotopic (exact) mass is 234 g/mol. The Kier molecular flexibility index (Phi) is 5.31. The predicted molar refractivity (Wildman–Crippen MR) is 66.2 cm³/mol. The van der Waals surface area contributed by atoms with Crippen molar-refractivity contribution in [2.45, 2.75) is 19.4 Å². The molecule has 0 aliphatic rings. The average Bonchev–Trinajstić information content (AvgIpc) is 2.39. The first-order chi connectivity index (χ1) is 8.26. The second kappa shape index (κ2) is 6.77. The Labute approximate surface area is 102 Å². The van der Waals surface area contributed by atoms with E-state index in [0.29, 0.717) is 5.75 Å². The van der Waals surface area contributed by atoms with Crippen LogP contribution in [0.25, 0.3) is 0 Å². The fraction of sp³-hybridized carbons (Fsp3) is 0.462. The highest BCUT2D eigenvalue weighted by Crippen LogP contribution is 2.29. The van der Waals surface area contributed by atoms with E-state index in [4.69, 9.17) is 9.47 Å². The predicted octanol–water partition coefficient (Wildman–Crippen LogP) is 2.27. The van der Waals surface area contributed by atoms with Crippen molar-refractivity contribution in [3.05, 3.63) is 23.8 Å². The maximum atomic E-state index is 9.18. The molecule has 1 aromatic carbocycles. The van der Waals surface area contributed by atoms with Crippen LogP contribution >= 0.6 is 0 Å². The van der Waals surface area contributed by atoms with Crippen LogP contribution in [-0.4, -0.2) is 20.8 Å². The normalized spacial score (nSPS) is 11.6. The maximum absolute atomic E-state index is 9.18. The standard InChI is InChI=1S/C13H18N2O2/c1-4-7-15-12(9-14)11-8-10(16-2)5-6-13(11)17-3/h5-6,8,12,15H,4,7H2,1-3H3. The highest BCUT2D eigenvalue weighted by atomic mass is 16.5. The van der Waals surface area contributed by atoms with Crippen molar-refractivity contribution in [3.8, 4) is 17.6 Å². The molecule has 0 amide bonds. The molecule has 4 nitrogen and oxygen atoms in total. The summed E-state index contributed by atoms with van der Waals surface area (Å²) in [5, 5.41) is 12.3. The number of benzene rings is 1.